The highest BCUT2D eigenvalue weighted by atomic mass is 19.1. The van der Waals surface area contributed by atoms with Crippen molar-refractivity contribution in [3.63, 3.8) is 0 Å². The summed E-state index contributed by atoms with van der Waals surface area (Å²) in [5.41, 5.74) is 3.44. The van der Waals surface area contributed by atoms with Crippen LogP contribution < -0.4 is 4.90 Å². The van der Waals surface area contributed by atoms with E-state index >= 15 is 0 Å². The smallest absolute Gasteiger partial charge is 0.254 e. The maximum Gasteiger partial charge on any atom is 0.254 e. The highest BCUT2D eigenvalue weighted by Gasteiger charge is 2.32. The van der Waals surface area contributed by atoms with Crippen LogP contribution in [-0.2, 0) is 0 Å². The van der Waals surface area contributed by atoms with E-state index in [-0.39, 0.29) is 17.8 Å². The van der Waals surface area contributed by atoms with Gasteiger partial charge >= 0.3 is 0 Å². The molecule has 2 aromatic heterocycles. The summed E-state index contributed by atoms with van der Waals surface area (Å²) in [6.07, 6.45) is 5.97. The van der Waals surface area contributed by atoms with E-state index in [0.29, 0.717) is 31.1 Å². The van der Waals surface area contributed by atoms with Crippen LogP contribution in [0.1, 0.15) is 66.7 Å². The number of hydrogen-bond donors (Lipinski definition) is 0. The van der Waals surface area contributed by atoms with E-state index in [1.165, 1.54) is 37.0 Å². The quantitative estimate of drug-likeness (QED) is 0.402. The second-order valence-corrected chi connectivity index (χ2v) is 10.3. The zero-order valence-corrected chi connectivity index (χ0v) is 20.8. The Bertz CT molecular complexity index is 1430. The van der Waals surface area contributed by atoms with E-state index in [9.17, 15) is 9.18 Å². The second-order valence-electron chi connectivity index (χ2n) is 10.3. The summed E-state index contributed by atoms with van der Waals surface area (Å²) in [5.74, 6) is 1.84. The number of hydrogen-bond acceptors (Lipinski definition) is 5. The standard InChI is InChI=1S/C28H31FN6O/c1-18-8-13-24-23(16-18)26-32-31-25(20-6-4-3-5-7-20)35(26)28(30-24)33-14-15-34(19(2)17-33)27(36)21-9-11-22(29)12-10-21/h8-13,16,19-20H,3-7,14-15,17H2,1-2H3/t19-/m1/s1. The van der Waals surface area contributed by atoms with Gasteiger partial charge in [0, 0.05) is 42.5 Å². The summed E-state index contributed by atoms with van der Waals surface area (Å²) >= 11 is 0. The molecule has 2 aromatic carbocycles. The van der Waals surface area contributed by atoms with E-state index in [1.807, 2.05) is 4.90 Å². The molecule has 6 rings (SSSR count). The fourth-order valence-corrected chi connectivity index (χ4v) is 5.79. The summed E-state index contributed by atoms with van der Waals surface area (Å²) < 4.78 is 15.5. The van der Waals surface area contributed by atoms with E-state index in [2.05, 4.69) is 46.4 Å². The monoisotopic (exact) mass is 486 g/mol. The molecule has 1 aliphatic heterocycles. The minimum Gasteiger partial charge on any atom is -0.338 e. The third-order valence-electron chi connectivity index (χ3n) is 7.73. The normalized spacial score (nSPS) is 19.4. The number of nitrogens with zero attached hydrogens (tertiary/aromatic N) is 6. The molecule has 8 heteroatoms. The Hall–Kier alpha value is -3.55. The number of benzene rings is 2. The van der Waals surface area contributed by atoms with Crippen LogP contribution in [0, 0.1) is 12.7 Å². The summed E-state index contributed by atoms with van der Waals surface area (Å²) in [4.78, 5) is 22.4. The minimum atomic E-state index is -0.339. The number of carbonyl (C=O) groups is 1. The molecule has 0 radical (unpaired) electrons. The van der Waals surface area contributed by atoms with Gasteiger partial charge in [0.1, 0.15) is 11.6 Å². The molecule has 1 saturated carbocycles. The first-order chi connectivity index (χ1) is 17.5. The molecule has 0 bridgehead atoms. The minimum absolute atomic E-state index is 0.0310. The maximum absolute atomic E-state index is 13.4. The second kappa shape index (κ2) is 9.15. The molecule has 1 atom stereocenters. The first-order valence-corrected chi connectivity index (χ1v) is 13.0. The van der Waals surface area contributed by atoms with Gasteiger partial charge in [-0.1, -0.05) is 30.9 Å². The van der Waals surface area contributed by atoms with Crippen molar-refractivity contribution in [1.82, 2.24) is 24.5 Å². The molecule has 1 aliphatic carbocycles. The lowest BCUT2D eigenvalue weighted by Gasteiger charge is -2.40. The number of halogens is 1. The van der Waals surface area contributed by atoms with Crippen LogP contribution in [0.15, 0.2) is 42.5 Å². The van der Waals surface area contributed by atoms with Crippen LogP contribution in [-0.4, -0.2) is 56.1 Å². The van der Waals surface area contributed by atoms with Crippen molar-refractivity contribution in [2.75, 3.05) is 24.5 Å². The Labute approximate surface area is 209 Å². The summed E-state index contributed by atoms with van der Waals surface area (Å²) in [6.45, 7) is 6.01. The van der Waals surface area contributed by atoms with Crippen LogP contribution in [0.3, 0.4) is 0 Å². The van der Waals surface area contributed by atoms with E-state index in [0.717, 1.165) is 41.2 Å². The zero-order valence-electron chi connectivity index (χ0n) is 20.8. The van der Waals surface area contributed by atoms with Gasteiger partial charge in [0.05, 0.1) is 5.52 Å². The summed E-state index contributed by atoms with van der Waals surface area (Å²) in [6, 6.07) is 12.0. The van der Waals surface area contributed by atoms with Crippen molar-refractivity contribution < 1.29 is 9.18 Å². The van der Waals surface area contributed by atoms with Crippen molar-refractivity contribution in [2.45, 2.75) is 57.9 Å². The Balaban J connectivity index is 1.37. The van der Waals surface area contributed by atoms with Gasteiger partial charge in [0.15, 0.2) is 5.65 Å². The van der Waals surface area contributed by atoms with E-state index in [4.69, 9.17) is 10.1 Å². The Morgan fingerprint density at radius 2 is 1.78 bits per heavy atom. The van der Waals surface area contributed by atoms with Gasteiger partial charge in [-0.25, -0.2) is 13.8 Å². The lowest BCUT2D eigenvalue weighted by atomic mass is 9.89. The van der Waals surface area contributed by atoms with Gasteiger partial charge in [0.2, 0.25) is 5.95 Å². The van der Waals surface area contributed by atoms with Crippen LogP contribution >= 0.6 is 0 Å². The first kappa shape index (κ1) is 22.9. The number of aromatic nitrogens is 4. The van der Waals surface area contributed by atoms with Gasteiger partial charge in [-0.05, 0) is 63.1 Å². The van der Waals surface area contributed by atoms with Gasteiger partial charge in [-0.3, -0.25) is 4.79 Å². The van der Waals surface area contributed by atoms with Crippen molar-refractivity contribution in [3.8, 4) is 0 Å². The van der Waals surface area contributed by atoms with E-state index < -0.39 is 0 Å². The lowest BCUT2D eigenvalue weighted by Crippen LogP contribution is -2.54. The predicted octanol–water partition coefficient (Wildman–Crippen LogP) is 5.12. The number of rotatable bonds is 3. The molecule has 7 nitrogen and oxygen atoms in total. The average molecular weight is 487 g/mol. The summed E-state index contributed by atoms with van der Waals surface area (Å²) in [7, 11) is 0. The highest BCUT2D eigenvalue weighted by Crippen LogP contribution is 2.35. The molecule has 0 N–H and O–H groups in total. The molecular weight excluding hydrogens is 455 g/mol. The molecule has 0 spiro atoms. The number of piperazine rings is 1. The zero-order chi connectivity index (χ0) is 24.8. The molecule has 0 unspecified atom stereocenters. The van der Waals surface area contributed by atoms with Gasteiger partial charge < -0.3 is 9.80 Å². The van der Waals surface area contributed by atoms with Crippen molar-refractivity contribution in [3.05, 3.63) is 65.2 Å². The number of fused-ring (bicyclic) bond motifs is 3. The number of aryl methyl sites for hydroxylation is 1. The van der Waals surface area contributed by atoms with Gasteiger partial charge in [-0.15, -0.1) is 10.2 Å². The molecular formula is C28H31FN6O. The average Bonchev–Trinajstić information content (AvgIpc) is 3.34. The van der Waals surface area contributed by atoms with Crippen LogP contribution in [0.2, 0.25) is 0 Å². The van der Waals surface area contributed by atoms with Crippen LogP contribution in [0.25, 0.3) is 16.6 Å². The fourth-order valence-electron chi connectivity index (χ4n) is 5.79. The van der Waals surface area contributed by atoms with Crippen molar-refractivity contribution >= 4 is 28.4 Å². The number of amides is 1. The molecule has 3 heterocycles. The fraction of sp³-hybridized carbons (Fsp3) is 0.429. The molecule has 4 aromatic rings. The van der Waals surface area contributed by atoms with Crippen molar-refractivity contribution in [2.24, 2.45) is 0 Å². The highest BCUT2D eigenvalue weighted by molar-refractivity contribution is 5.95. The van der Waals surface area contributed by atoms with Gasteiger partial charge in [0.25, 0.3) is 5.91 Å². The maximum atomic E-state index is 13.4. The topological polar surface area (TPSA) is 66.6 Å². The molecule has 1 saturated heterocycles. The third kappa shape index (κ3) is 3.98. The van der Waals surface area contributed by atoms with Crippen LogP contribution in [0.4, 0.5) is 10.3 Å². The molecule has 2 aliphatic rings. The van der Waals surface area contributed by atoms with Crippen LogP contribution in [0.5, 0.6) is 0 Å². The Kier molecular flexibility index (Phi) is 5.82. The third-order valence-corrected chi connectivity index (χ3v) is 7.73. The van der Waals surface area contributed by atoms with Crippen molar-refractivity contribution in [1.29, 1.82) is 0 Å². The molecule has 2 fully saturated rings. The van der Waals surface area contributed by atoms with Gasteiger partial charge in [-0.2, -0.15) is 0 Å². The van der Waals surface area contributed by atoms with E-state index in [1.54, 1.807) is 12.1 Å². The first-order valence-electron chi connectivity index (χ1n) is 13.0. The largest absolute Gasteiger partial charge is 0.338 e. The lowest BCUT2D eigenvalue weighted by molar-refractivity contribution is 0.0673. The molecule has 36 heavy (non-hydrogen) atoms. The number of anilines is 1. The molecule has 186 valence electrons. The predicted molar refractivity (Wildman–Crippen MR) is 138 cm³/mol. The summed E-state index contributed by atoms with van der Waals surface area (Å²) in [5, 5.41) is 10.4. The SMILES string of the molecule is Cc1ccc2nc(N3CCN(C(=O)c4ccc(F)cc4)[C@H](C)C3)n3c(C4CCCCC4)nnc3c2c1. The molecule has 1 amide bonds. The Morgan fingerprint density at radius 3 is 2.53 bits per heavy atom. The Morgan fingerprint density at radius 1 is 1.00 bits per heavy atom. The number of carbonyl (C=O) groups excluding carboxylic acids is 1.